The molecular formula is C28H32N4OS. The fourth-order valence-electron chi connectivity index (χ4n) is 7.18. The summed E-state index contributed by atoms with van der Waals surface area (Å²) in [6, 6.07) is 18.8. The summed E-state index contributed by atoms with van der Waals surface area (Å²) in [6.45, 7) is 2.83. The molecule has 0 aliphatic heterocycles. The molecule has 34 heavy (non-hydrogen) atoms. The van der Waals surface area contributed by atoms with E-state index in [1.165, 1.54) is 55.9 Å². The van der Waals surface area contributed by atoms with Gasteiger partial charge < -0.3 is 9.88 Å². The third-order valence-corrected chi connectivity index (χ3v) is 9.18. The number of nitrogens with one attached hydrogen (secondary N) is 1. The number of benzene rings is 2. The monoisotopic (exact) mass is 472 g/mol. The van der Waals surface area contributed by atoms with E-state index in [2.05, 4.69) is 51.3 Å². The lowest BCUT2D eigenvalue weighted by molar-refractivity contribution is -0.113. The van der Waals surface area contributed by atoms with Crippen LogP contribution in [-0.2, 0) is 16.8 Å². The van der Waals surface area contributed by atoms with Crippen molar-refractivity contribution in [1.82, 2.24) is 14.8 Å². The van der Waals surface area contributed by atoms with Crippen molar-refractivity contribution in [2.75, 3.05) is 11.1 Å². The zero-order valence-electron chi connectivity index (χ0n) is 19.7. The van der Waals surface area contributed by atoms with Gasteiger partial charge in [0.25, 0.3) is 0 Å². The van der Waals surface area contributed by atoms with Crippen LogP contribution in [0.5, 0.6) is 0 Å². The number of hydrogen-bond acceptors (Lipinski definition) is 4. The second-order valence-electron chi connectivity index (χ2n) is 10.5. The molecule has 5 nitrogen and oxygen atoms in total. The van der Waals surface area contributed by atoms with Gasteiger partial charge in [0, 0.05) is 17.8 Å². The minimum Gasteiger partial charge on any atom is -0.325 e. The van der Waals surface area contributed by atoms with E-state index in [1.807, 2.05) is 30.3 Å². The van der Waals surface area contributed by atoms with Gasteiger partial charge in [-0.25, -0.2) is 0 Å². The van der Waals surface area contributed by atoms with Gasteiger partial charge in [-0.3, -0.25) is 4.79 Å². The third-order valence-electron chi connectivity index (χ3n) is 8.22. The molecule has 0 spiro atoms. The minimum absolute atomic E-state index is 0.0144. The molecule has 1 aromatic heterocycles. The first-order chi connectivity index (χ1) is 16.6. The summed E-state index contributed by atoms with van der Waals surface area (Å²) >= 11 is 1.43. The highest BCUT2D eigenvalue weighted by atomic mass is 32.2. The molecule has 1 heterocycles. The van der Waals surface area contributed by atoms with E-state index in [0.717, 1.165) is 46.5 Å². The molecule has 0 saturated heterocycles. The van der Waals surface area contributed by atoms with Crippen molar-refractivity contribution in [2.24, 2.45) is 17.8 Å². The van der Waals surface area contributed by atoms with Crippen molar-refractivity contribution in [3.05, 3.63) is 60.2 Å². The van der Waals surface area contributed by atoms with E-state index < -0.39 is 0 Å². The van der Waals surface area contributed by atoms with Crippen molar-refractivity contribution >= 4 is 23.4 Å². The lowest BCUT2D eigenvalue weighted by Crippen LogP contribution is -2.48. The smallest absolute Gasteiger partial charge is 0.234 e. The zero-order valence-corrected chi connectivity index (χ0v) is 20.6. The van der Waals surface area contributed by atoms with Crippen LogP contribution in [0, 0.1) is 17.8 Å². The van der Waals surface area contributed by atoms with Gasteiger partial charge in [0.05, 0.1) is 5.75 Å². The largest absolute Gasteiger partial charge is 0.325 e. The topological polar surface area (TPSA) is 59.8 Å². The summed E-state index contributed by atoms with van der Waals surface area (Å²) < 4.78 is 2.06. The number of rotatable bonds is 7. The summed E-state index contributed by atoms with van der Waals surface area (Å²) in [5.41, 5.74) is 3.80. The van der Waals surface area contributed by atoms with E-state index in [-0.39, 0.29) is 5.91 Å². The van der Waals surface area contributed by atoms with Crippen molar-refractivity contribution in [1.29, 1.82) is 0 Å². The van der Waals surface area contributed by atoms with Gasteiger partial charge in [-0.05, 0) is 86.3 Å². The number of amides is 1. The molecule has 2 aromatic carbocycles. The Bertz CT molecular complexity index is 1140. The molecule has 0 atom stereocenters. The zero-order chi connectivity index (χ0) is 23.1. The van der Waals surface area contributed by atoms with Crippen LogP contribution in [0.15, 0.2) is 59.8 Å². The molecule has 4 fully saturated rings. The molecule has 1 N–H and O–H groups in total. The average molecular weight is 473 g/mol. The number of hydrogen-bond donors (Lipinski definition) is 1. The van der Waals surface area contributed by atoms with Gasteiger partial charge in [-0.2, -0.15) is 0 Å². The van der Waals surface area contributed by atoms with E-state index in [9.17, 15) is 4.79 Å². The summed E-state index contributed by atoms with van der Waals surface area (Å²) in [7, 11) is 0. The molecule has 4 saturated carbocycles. The van der Waals surface area contributed by atoms with Crippen LogP contribution in [0.1, 0.15) is 51.0 Å². The Morgan fingerprint density at radius 1 is 0.971 bits per heavy atom. The van der Waals surface area contributed by atoms with Gasteiger partial charge >= 0.3 is 0 Å². The van der Waals surface area contributed by atoms with Crippen LogP contribution < -0.4 is 5.32 Å². The Morgan fingerprint density at radius 3 is 2.24 bits per heavy atom. The fourth-order valence-corrected chi connectivity index (χ4v) is 7.98. The third kappa shape index (κ3) is 4.06. The maximum Gasteiger partial charge on any atom is 0.234 e. The fraction of sp³-hybridized carbons (Fsp3) is 0.464. The standard InChI is InChI=1S/C28H32N4OS/c1-2-32-26(22-6-4-3-5-7-22)30-31-27(32)34-18-25(33)29-24-10-8-23(9-11-24)28-15-19-12-20(16-28)14-21(13-19)17-28/h3-11,19-21H,2,12-18H2,1H3,(H,29,33). The maximum absolute atomic E-state index is 12.7. The molecular weight excluding hydrogens is 440 g/mol. The van der Waals surface area contributed by atoms with E-state index >= 15 is 0 Å². The second-order valence-corrected chi connectivity index (χ2v) is 11.5. The highest BCUT2D eigenvalue weighted by molar-refractivity contribution is 7.99. The predicted molar refractivity (Wildman–Crippen MR) is 137 cm³/mol. The molecule has 1 amide bonds. The molecule has 3 aromatic rings. The van der Waals surface area contributed by atoms with Gasteiger partial charge in [-0.1, -0.05) is 54.2 Å². The van der Waals surface area contributed by atoms with Gasteiger partial charge in [0.15, 0.2) is 11.0 Å². The number of carbonyl (C=O) groups is 1. The number of aromatic nitrogens is 3. The Kier molecular flexibility index (Phi) is 5.72. The van der Waals surface area contributed by atoms with Crippen molar-refractivity contribution in [2.45, 2.75) is 62.6 Å². The molecule has 4 bridgehead atoms. The normalized spacial score (nSPS) is 27.1. The maximum atomic E-state index is 12.7. The number of thioether (sulfide) groups is 1. The average Bonchev–Trinajstić information content (AvgIpc) is 3.26. The van der Waals surface area contributed by atoms with Crippen LogP contribution in [0.4, 0.5) is 5.69 Å². The summed E-state index contributed by atoms with van der Waals surface area (Å²) in [4.78, 5) is 12.7. The second kappa shape index (κ2) is 8.88. The van der Waals surface area contributed by atoms with Gasteiger partial charge in [-0.15, -0.1) is 10.2 Å². The molecule has 4 aliphatic carbocycles. The van der Waals surface area contributed by atoms with Crippen LogP contribution in [0.25, 0.3) is 11.4 Å². The molecule has 7 rings (SSSR count). The van der Waals surface area contributed by atoms with E-state index in [0.29, 0.717) is 11.2 Å². The molecule has 176 valence electrons. The van der Waals surface area contributed by atoms with Gasteiger partial charge in [0.2, 0.25) is 5.91 Å². The quantitative estimate of drug-likeness (QED) is 0.418. The number of nitrogens with zero attached hydrogens (tertiary/aromatic N) is 3. The van der Waals surface area contributed by atoms with Crippen LogP contribution >= 0.6 is 11.8 Å². The molecule has 6 heteroatoms. The highest BCUT2D eigenvalue weighted by Crippen LogP contribution is 2.60. The first kappa shape index (κ1) is 21.9. The van der Waals surface area contributed by atoms with Crippen LogP contribution in [0.2, 0.25) is 0 Å². The summed E-state index contributed by atoms with van der Waals surface area (Å²) in [5.74, 6) is 3.95. The molecule has 4 aliphatic rings. The Labute approximate surface area is 205 Å². The lowest BCUT2D eigenvalue weighted by Gasteiger charge is -2.57. The van der Waals surface area contributed by atoms with E-state index in [1.54, 1.807) is 0 Å². The van der Waals surface area contributed by atoms with Crippen molar-refractivity contribution in [3.8, 4) is 11.4 Å². The Hall–Kier alpha value is -2.60. The summed E-state index contributed by atoms with van der Waals surface area (Å²) in [6.07, 6.45) is 8.48. The Balaban J connectivity index is 1.09. The van der Waals surface area contributed by atoms with Gasteiger partial charge in [0.1, 0.15) is 0 Å². The molecule has 0 unspecified atom stereocenters. The predicted octanol–water partition coefficient (Wildman–Crippen LogP) is 6.16. The Morgan fingerprint density at radius 2 is 1.62 bits per heavy atom. The van der Waals surface area contributed by atoms with Crippen LogP contribution in [0.3, 0.4) is 0 Å². The summed E-state index contributed by atoms with van der Waals surface area (Å²) in [5, 5.41) is 12.6. The minimum atomic E-state index is -0.0144. The van der Waals surface area contributed by atoms with Crippen LogP contribution in [-0.4, -0.2) is 26.4 Å². The van der Waals surface area contributed by atoms with Crippen molar-refractivity contribution < 1.29 is 4.79 Å². The SMILES string of the molecule is CCn1c(SCC(=O)Nc2ccc(C34CC5CC(CC(C5)C3)C4)cc2)nnc1-c1ccccc1. The first-order valence-electron chi connectivity index (χ1n) is 12.6. The first-order valence-corrected chi connectivity index (χ1v) is 13.6. The van der Waals surface area contributed by atoms with E-state index in [4.69, 9.17) is 0 Å². The molecule has 0 radical (unpaired) electrons. The van der Waals surface area contributed by atoms with Crippen molar-refractivity contribution in [3.63, 3.8) is 0 Å². The lowest BCUT2D eigenvalue weighted by atomic mass is 9.48. The highest BCUT2D eigenvalue weighted by Gasteiger charge is 2.51. The number of anilines is 1. The number of carbonyl (C=O) groups excluding carboxylic acids is 1.